The lowest BCUT2D eigenvalue weighted by Gasteiger charge is -2.14. The van der Waals surface area contributed by atoms with Crippen molar-refractivity contribution in [3.05, 3.63) is 23.7 Å². The first-order valence-corrected chi connectivity index (χ1v) is 5.23. The molecular formula is C11H14N2O5. The summed E-state index contributed by atoms with van der Waals surface area (Å²) in [7, 11) is 3.02. The number of rotatable bonds is 5. The van der Waals surface area contributed by atoms with E-state index in [-0.39, 0.29) is 30.2 Å². The number of nitrogens with one attached hydrogen (secondary N) is 1. The van der Waals surface area contributed by atoms with Gasteiger partial charge in [0.05, 0.1) is 5.56 Å². The smallest absolute Gasteiger partial charge is 0.338 e. The Morgan fingerprint density at radius 2 is 2.11 bits per heavy atom. The Balaban J connectivity index is 2.62. The Labute approximate surface area is 103 Å². The fourth-order valence-corrected chi connectivity index (χ4v) is 1.24. The molecule has 7 heteroatoms. The number of carbonyl (C=O) groups excluding carboxylic acids is 2. The van der Waals surface area contributed by atoms with Gasteiger partial charge >= 0.3 is 5.97 Å². The maximum atomic E-state index is 11.8. The van der Waals surface area contributed by atoms with Crippen LogP contribution in [0.15, 0.2) is 16.7 Å². The van der Waals surface area contributed by atoms with Crippen molar-refractivity contribution in [3.8, 4) is 0 Å². The van der Waals surface area contributed by atoms with Crippen molar-refractivity contribution < 1.29 is 23.9 Å². The summed E-state index contributed by atoms with van der Waals surface area (Å²) in [5, 5.41) is 11.1. The van der Waals surface area contributed by atoms with E-state index < -0.39 is 11.9 Å². The molecule has 0 unspecified atom stereocenters. The average Bonchev–Trinajstić information content (AvgIpc) is 2.84. The maximum absolute atomic E-state index is 11.8. The van der Waals surface area contributed by atoms with Crippen LogP contribution in [0.2, 0.25) is 0 Å². The van der Waals surface area contributed by atoms with E-state index in [0.29, 0.717) is 0 Å². The van der Waals surface area contributed by atoms with Crippen molar-refractivity contribution >= 4 is 17.8 Å². The second-order valence-electron chi connectivity index (χ2n) is 3.65. The fraction of sp³-hybridized carbons (Fsp3) is 0.364. The van der Waals surface area contributed by atoms with Crippen molar-refractivity contribution in [3.63, 3.8) is 0 Å². The molecule has 18 heavy (non-hydrogen) atoms. The van der Waals surface area contributed by atoms with E-state index in [1.165, 1.54) is 19.0 Å². The number of carboxylic acids is 1. The lowest BCUT2D eigenvalue weighted by atomic mass is 10.3. The van der Waals surface area contributed by atoms with E-state index in [2.05, 4.69) is 5.32 Å². The van der Waals surface area contributed by atoms with Crippen molar-refractivity contribution in [2.24, 2.45) is 0 Å². The van der Waals surface area contributed by atoms with Gasteiger partial charge in [0.25, 0.3) is 5.91 Å². The number of aromatic carboxylic acids is 1. The number of nitrogens with zero attached hydrogens (tertiary/aromatic N) is 1. The molecule has 0 aliphatic carbocycles. The van der Waals surface area contributed by atoms with E-state index in [4.69, 9.17) is 9.52 Å². The summed E-state index contributed by atoms with van der Waals surface area (Å²) in [5.74, 6) is -1.87. The Kier molecular flexibility index (Phi) is 4.47. The maximum Gasteiger partial charge on any atom is 0.338 e. The Bertz CT molecular complexity index is 466. The highest BCUT2D eigenvalue weighted by Crippen LogP contribution is 2.10. The molecule has 2 amide bonds. The van der Waals surface area contributed by atoms with Gasteiger partial charge in [-0.25, -0.2) is 4.79 Å². The zero-order chi connectivity index (χ0) is 13.7. The van der Waals surface area contributed by atoms with Gasteiger partial charge in [0.15, 0.2) is 5.76 Å². The van der Waals surface area contributed by atoms with Crippen LogP contribution < -0.4 is 5.32 Å². The summed E-state index contributed by atoms with van der Waals surface area (Å²) in [5.41, 5.74) is -0.0851. The van der Waals surface area contributed by atoms with Crippen molar-refractivity contribution in [2.45, 2.75) is 6.42 Å². The molecule has 0 spiro atoms. The van der Waals surface area contributed by atoms with Crippen LogP contribution in [-0.4, -0.2) is 48.4 Å². The standard InChI is InChI=1S/C11H14N2O5/c1-12-9(14)3-4-13(2)10(15)8-5-7(6-18-8)11(16)17/h5-6H,3-4H2,1-2H3,(H,12,14)(H,16,17). The van der Waals surface area contributed by atoms with E-state index in [0.717, 1.165) is 12.3 Å². The quantitative estimate of drug-likeness (QED) is 0.781. The van der Waals surface area contributed by atoms with Crippen LogP contribution in [0.25, 0.3) is 0 Å². The van der Waals surface area contributed by atoms with Crippen LogP contribution in [0.1, 0.15) is 27.3 Å². The second kappa shape index (κ2) is 5.85. The lowest BCUT2D eigenvalue weighted by molar-refractivity contribution is -0.120. The van der Waals surface area contributed by atoms with Crippen molar-refractivity contribution in [1.82, 2.24) is 10.2 Å². The van der Waals surface area contributed by atoms with Gasteiger partial charge in [0.2, 0.25) is 5.91 Å². The Morgan fingerprint density at radius 1 is 1.44 bits per heavy atom. The fourth-order valence-electron chi connectivity index (χ4n) is 1.24. The highest BCUT2D eigenvalue weighted by atomic mass is 16.4. The first kappa shape index (κ1) is 13.8. The number of hydrogen-bond donors (Lipinski definition) is 2. The van der Waals surface area contributed by atoms with Gasteiger partial charge in [-0.1, -0.05) is 0 Å². The number of carboxylic acid groups (broad SMARTS) is 1. The normalized spacial score (nSPS) is 9.89. The van der Waals surface area contributed by atoms with Gasteiger partial charge in [-0.15, -0.1) is 0 Å². The molecule has 7 nitrogen and oxygen atoms in total. The molecule has 98 valence electrons. The molecule has 0 aliphatic rings. The molecular weight excluding hydrogens is 240 g/mol. The van der Waals surface area contributed by atoms with Gasteiger partial charge in [-0.2, -0.15) is 0 Å². The molecule has 2 N–H and O–H groups in total. The van der Waals surface area contributed by atoms with Crippen molar-refractivity contribution in [1.29, 1.82) is 0 Å². The lowest BCUT2D eigenvalue weighted by Crippen LogP contribution is -2.31. The van der Waals surface area contributed by atoms with Crippen LogP contribution in [-0.2, 0) is 4.79 Å². The second-order valence-corrected chi connectivity index (χ2v) is 3.65. The number of carbonyl (C=O) groups is 3. The molecule has 1 aromatic rings. The van der Waals surface area contributed by atoms with Gasteiger partial charge in [-0.3, -0.25) is 9.59 Å². The molecule has 1 rings (SSSR count). The van der Waals surface area contributed by atoms with E-state index in [1.807, 2.05) is 0 Å². The third kappa shape index (κ3) is 3.34. The zero-order valence-electron chi connectivity index (χ0n) is 10.1. The molecule has 1 heterocycles. The van der Waals surface area contributed by atoms with Crippen LogP contribution in [0.3, 0.4) is 0 Å². The third-order valence-corrected chi connectivity index (χ3v) is 2.36. The topological polar surface area (TPSA) is 99.9 Å². The summed E-state index contributed by atoms with van der Waals surface area (Å²) in [6.07, 6.45) is 1.17. The number of furan rings is 1. The predicted octanol–water partition coefficient (Wildman–Crippen LogP) is 0.186. The molecule has 0 aliphatic heterocycles. The molecule has 0 fully saturated rings. The highest BCUT2D eigenvalue weighted by molar-refractivity contribution is 5.95. The Morgan fingerprint density at radius 3 is 2.61 bits per heavy atom. The van der Waals surface area contributed by atoms with E-state index in [1.54, 1.807) is 0 Å². The number of hydrogen-bond acceptors (Lipinski definition) is 4. The summed E-state index contributed by atoms with van der Waals surface area (Å²) in [4.78, 5) is 34.7. The molecule has 0 atom stereocenters. The first-order valence-electron chi connectivity index (χ1n) is 5.23. The average molecular weight is 254 g/mol. The molecule has 0 saturated heterocycles. The minimum atomic E-state index is -1.16. The minimum Gasteiger partial charge on any atom is -0.478 e. The summed E-state index contributed by atoms with van der Waals surface area (Å²) >= 11 is 0. The van der Waals surface area contributed by atoms with Gasteiger partial charge in [-0.05, 0) is 0 Å². The molecule has 0 saturated carbocycles. The minimum absolute atomic E-state index is 0.0631. The summed E-state index contributed by atoms with van der Waals surface area (Å²) < 4.78 is 4.87. The monoisotopic (exact) mass is 254 g/mol. The third-order valence-electron chi connectivity index (χ3n) is 2.36. The first-order chi connectivity index (χ1) is 8.45. The van der Waals surface area contributed by atoms with E-state index in [9.17, 15) is 14.4 Å². The van der Waals surface area contributed by atoms with Crippen LogP contribution in [0.5, 0.6) is 0 Å². The van der Waals surface area contributed by atoms with Gasteiger partial charge in [0, 0.05) is 33.1 Å². The summed E-state index contributed by atoms with van der Waals surface area (Å²) in [6.45, 7) is 0.224. The Hall–Kier alpha value is -2.31. The number of amides is 2. The van der Waals surface area contributed by atoms with E-state index >= 15 is 0 Å². The van der Waals surface area contributed by atoms with Crippen LogP contribution in [0, 0.1) is 0 Å². The highest BCUT2D eigenvalue weighted by Gasteiger charge is 2.18. The molecule has 0 aromatic carbocycles. The molecule has 0 radical (unpaired) electrons. The summed E-state index contributed by atoms with van der Waals surface area (Å²) in [6, 6.07) is 1.15. The molecule has 0 bridgehead atoms. The predicted molar refractivity (Wildman–Crippen MR) is 61.3 cm³/mol. The van der Waals surface area contributed by atoms with Crippen LogP contribution in [0.4, 0.5) is 0 Å². The zero-order valence-corrected chi connectivity index (χ0v) is 10.1. The van der Waals surface area contributed by atoms with Gasteiger partial charge in [0.1, 0.15) is 6.26 Å². The molecule has 1 aromatic heterocycles. The SMILES string of the molecule is CNC(=O)CCN(C)C(=O)c1cc(C(=O)O)co1. The van der Waals surface area contributed by atoms with Crippen molar-refractivity contribution in [2.75, 3.05) is 20.6 Å². The van der Waals surface area contributed by atoms with Gasteiger partial charge < -0.3 is 19.7 Å². The van der Waals surface area contributed by atoms with Crippen LogP contribution >= 0.6 is 0 Å². The largest absolute Gasteiger partial charge is 0.478 e.